The van der Waals surface area contributed by atoms with Crippen LogP contribution in [0.25, 0.3) is 0 Å². The minimum Gasteiger partial charge on any atom is -0.352 e. The zero-order valence-electron chi connectivity index (χ0n) is 22.3. The van der Waals surface area contributed by atoms with Gasteiger partial charge >= 0.3 is 0 Å². The normalized spacial score (nSPS) is 12.4. The predicted octanol–water partition coefficient (Wildman–Crippen LogP) is 5.49. The van der Waals surface area contributed by atoms with Crippen LogP contribution >= 0.6 is 23.2 Å². The van der Waals surface area contributed by atoms with Crippen LogP contribution in [-0.2, 0) is 26.2 Å². The Morgan fingerprint density at radius 3 is 2.16 bits per heavy atom. The predicted molar refractivity (Wildman–Crippen MR) is 152 cm³/mol. The van der Waals surface area contributed by atoms with Crippen molar-refractivity contribution in [1.82, 2.24) is 10.2 Å². The van der Waals surface area contributed by atoms with Crippen molar-refractivity contribution in [1.29, 1.82) is 0 Å². The van der Waals surface area contributed by atoms with Crippen LogP contribution in [0.4, 0.5) is 5.69 Å². The fourth-order valence-electron chi connectivity index (χ4n) is 4.14. The lowest BCUT2D eigenvalue weighted by Gasteiger charge is -2.32. The van der Waals surface area contributed by atoms with Gasteiger partial charge in [0.05, 0.1) is 11.9 Å². The second kappa shape index (κ2) is 13.5. The molecular formula is C27H37Cl2N3O4S. The third-order valence-corrected chi connectivity index (χ3v) is 8.09. The summed E-state index contributed by atoms with van der Waals surface area (Å²) in [5, 5.41) is 3.70. The summed E-state index contributed by atoms with van der Waals surface area (Å²) in [6.07, 6.45) is 1.87. The van der Waals surface area contributed by atoms with Gasteiger partial charge in [0, 0.05) is 41.2 Å². The first-order chi connectivity index (χ1) is 17.3. The average molecular weight is 571 g/mol. The van der Waals surface area contributed by atoms with E-state index in [1.165, 1.54) is 9.21 Å². The first-order valence-electron chi connectivity index (χ1n) is 12.3. The second-order valence-corrected chi connectivity index (χ2v) is 12.2. The van der Waals surface area contributed by atoms with Crippen LogP contribution in [0, 0.1) is 13.8 Å². The molecule has 2 aromatic rings. The van der Waals surface area contributed by atoms with E-state index in [1.54, 1.807) is 24.3 Å². The topological polar surface area (TPSA) is 86.8 Å². The molecular weight excluding hydrogens is 533 g/mol. The zero-order chi connectivity index (χ0) is 27.9. The van der Waals surface area contributed by atoms with Crippen LogP contribution in [-0.4, -0.2) is 50.0 Å². The van der Waals surface area contributed by atoms with Crippen LogP contribution in [0.2, 0.25) is 10.0 Å². The summed E-state index contributed by atoms with van der Waals surface area (Å²) < 4.78 is 26.6. The fraction of sp³-hybridized carbons (Fsp3) is 0.481. The molecule has 2 aromatic carbocycles. The van der Waals surface area contributed by atoms with E-state index in [0.29, 0.717) is 27.7 Å². The number of halogens is 2. The van der Waals surface area contributed by atoms with Gasteiger partial charge in [0.1, 0.15) is 6.04 Å². The van der Waals surface area contributed by atoms with E-state index in [1.807, 2.05) is 46.8 Å². The molecule has 10 heteroatoms. The van der Waals surface area contributed by atoms with Gasteiger partial charge in [-0.1, -0.05) is 48.3 Å². The van der Waals surface area contributed by atoms with Crippen molar-refractivity contribution in [3.63, 3.8) is 0 Å². The Kier molecular flexibility index (Phi) is 11.3. The quantitative estimate of drug-likeness (QED) is 0.366. The maximum atomic E-state index is 13.5. The Balaban J connectivity index is 2.31. The van der Waals surface area contributed by atoms with Gasteiger partial charge in [-0.2, -0.15) is 0 Å². The second-order valence-electron chi connectivity index (χ2n) is 9.47. The van der Waals surface area contributed by atoms with Gasteiger partial charge in [-0.05, 0) is 69.9 Å². The van der Waals surface area contributed by atoms with E-state index in [2.05, 4.69) is 5.32 Å². The van der Waals surface area contributed by atoms with E-state index in [9.17, 15) is 18.0 Å². The highest BCUT2D eigenvalue weighted by Crippen LogP contribution is 2.28. The van der Waals surface area contributed by atoms with Gasteiger partial charge in [0.15, 0.2) is 0 Å². The molecule has 0 aliphatic heterocycles. The maximum absolute atomic E-state index is 13.5. The molecule has 0 unspecified atom stereocenters. The lowest BCUT2D eigenvalue weighted by atomic mass is 10.1. The van der Waals surface area contributed by atoms with E-state index >= 15 is 0 Å². The molecule has 0 saturated carbocycles. The number of rotatable bonds is 12. The van der Waals surface area contributed by atoms with Crippen LogP contribution in [0.5, 0.6) is 0 Å². The molecule has 0 saturated heterocycles. The van der Waals surface area contributed by atoms with Gasteiger partial charge in [-0.3, -0.25) is 13.9 Å². The highest BCUT2D eigenvalue weighted by atomic mass is 35.5. The summed E-state index contributed by atoms with van der Waals surface area (Å²) in [5.41, 5.74) is 3.00. The number of amides is 2. The molecule has 0 aliphatic carbocycles. The van der Waals surface area contributed by atoms with E-state index < -0.39 is 16.1 Å². The molecule has 2 rings (SSSR count). The molecule has 1 atom stereocenters. The third-order valence-electron chi connectivity index (χ3n) is 6.20. The standard InChI is InChI=1S/C27H37Cl2N3O4S/c1-7-24(27(34)30-18(2)3)31(17-21-22(28)12-9-13-23(21)29)26(33)15-10-16-32(37(6,35)36)25-14-8-11-19(4)20(25)5/h8-9,11-14,18,24H,7,10,15-17H2,1-6H3,(H,30,34)/t24-/m1/s1. The molecule has 0 aromatic heterocycles. The van der Waals surface area contributed by atoms with Crippen molar-refractivity contribution >= 4 is 50.7 Å². The molecule has 0 aliphatic rings. The number of benzene rings is 2. The van der Waals surface area contributed by atoms with Crippen molar-refractivity contribution in [2.75, 3.05) is 17.1 Å². The maximum Gasteiger partial charge on any atom is 0.243 e. The molecule has 37 heavy (non-hydrogen) atoms. The number of nitrogens with one attached hydrogen (secondary N) is 1. The highest BCUT2D eigenvalue weighted by Gasteiger charge is 2.30. The van der Waals surface area contributed by atoms with Gasteiger partial charge < -0.3 is 10.2 Å². The van der Waals surface area contributed by atoms with E-state index in [-0.39, 0.29) is 43.8 Å². The molecule has 0 fully saturated rings. The highest BCUT2D eigenvalue weighted by molar-refractivity contribution is 7.92. The Labute approximate surface area is 231 Å². The van der Waals surface area contributed by atoms with Crippen LogP contribution in [0.15, 0.2) is 36.4 Å². The van der Waals surface area contributed by atoms with Crippen molar-refractivity contribution in [3.8, 4) is 0 Å². The number of carbonyl (C=O) groups is 2. The first kappa shape index (κ1) is 30.9. The zero-order valence-corrected chi connectivity index (χ0v) is 24.7. The fourth-order valence-corrected chi connectivity index (χ4v) is 5.67. The van der Waals surface area contributed by atoms with E-state index in [4.69, 9.17) is 23.2 Å². The molecule has 7 nitrogen and oxygen atoms in total. The smallest absolute Gasteiger partial charge is 0.243 e. The van der Waals surface area contributed by atoms with Crippen LogP contribution in [0.3, 0.4) is 0 Å². The number of aryl methyl sites for hydroxylation is 1. The van der Waals surface area contributed by atoms with Crippen LogP contribution in [0.1, 0.15) is 56.7 Å². The lowest BCUT2D eigenvalue weighted by Crippen LogP contribution is -2.50. The summed E-state index contributed by atoms with van der Waals surface area (Å²) in [5.74, 6) is -0.543. The van der Waals surface area contributed by atoms with Crippen LogP contribution < -0.4 is 9.62 Å². The summed E-state index contributed by atoms with van der Waals surface area (Å²) in [4.78, 5) is 28.0. The Morgan fingerprint density at radius 2 is 1.62 bits per heavy atom. The minimum absolute atomic E-state index is 0.0460. The van der Waals surface area contributed by atoms with Gasteiger partial charge in [0.25, 0.3) is 0 Å². The summed E-state index contributed by atoms with van der Waals surface area (Å²) >= 11 is 12.8. The molecule has 2 amide bonds. The molecule has 0 heterocycles. The number of carbonyl (C=O) groups excluding carboxylic acids is 2. The summed E-state index contributed by atoms with van der Waals surface area (Å²) in [7, 11) is -3.57. The molecule has 1 N–H and O–H groups in total. The molecule has 0 spiro atoms. The van der Waals surface area contributed by atoms with Gasteiger partial charge in [-0.15, -0.1) is 0 Å². The Bertz CT molecular complexity index is 1200. The number of sulfonamides is 1. The molecule has 0 radical (unpaired) electrons. The monoisotopic (exact) mass is 569 g/mol. The number of hydrogen-bond acceptors (Lipinski definition) is 4. The average Bonchev–Trinajstić information content (AvgIpc) is 2.79. The summed E-state index contributed by atoms with van der Waals surface area (Å²) in [6.45, 7) is 9.54. The SMILES string of the molecule is CC[C@H](C(=O)NC(C)C)N(Cc1c(Cl)cccc1Cl)C(=O)CCCN(c1cccc(C)c1C)S(C)(=O)=O. The lowest BCUT2D eigenvalue weighted by molar-refractivity contribution is -0.141. The van der Waals surface area contributed by atoms with Crippen molar-refractivity contribution in [3.05, 3.63) is 63.1 Å². The van der Waals surface area contributed by atoms with Crippen molar-refractivity contribution in [2.24, 2.45) is 0 Å². The summed E-state index contributed by atoms with van der Waals surface area (Å²) in [6, 6.07) is 9.78. The van der Waals surface area contributed by atoms with E-state index in [0.717, 1.165) is 17.4 Å². The minimum atomic E-state index is -3.57. The first-order valence-corrected chi connectivity index (χ1v) is 14.9. The number of anilines is 1. The van der Waals surface area contributed by atoms with Gasteiger partial charge in [-0.25, -0.2) is 8.42 Å². The van der Waals surface area contributed by atoms with Crippen molar-refractivity contribution in [2.45, 2.75) is 72.5 Å². The number of hydrogen-bond donors (Lipinski definition) is 1. The Morgan fingerprint density at radius 1 is 1.03 bits per heavy atom. The molecule has 204 valence electrons. The largest absolute Gasteiger partial charge is 0.352 e. The number of nitrogens with zero attached hydrogens (tertiary/aromatic N) is 2. The van der Waals surface area contributed by atoms with Crippen molar-refractivity contribution < 1.29 is 18.0 Å². The van der Waals surface area contributed by atoms with Gasteiger partial charge in [0.2, 0.25) is 21.8 Å². The third kappa shape index (κ3) is 8.35. The molecule has 0 bridgehead atoms. The Hall–Kier alpha value is -2.29.